The standard InChI is InChI=1S/C62H115NO5/c1-3-5-7-9-11-13-15-17-18-19-20-21-22-23-24-25-26-27-28-31-34-38-42-46-50-54-60(65)59(58-64)63-61(66)55-51-47-43-39-35-32-29-33-37-41-45-49-53-57-68-62(67)56-52-48-44-40-36-30-16-14-12-10-8-6-4-2/h8,10,14,16,32,35,43,47,59-60,64-65H,3-7,9,11-13,15,17-31,33-34,36-42,44-46,48-58H2,1-2H3,(H,63,66)/b10-8-,16-14-,35-32-,47-43-. The number of carbonyl (C=O) groups excluding carboxylic acids is 2. The van der Waals surface area contributed by atoms with Gasteiger partial charge in [-0.3, -0.25) is 9.59 Å². The molecule has 68 heavy (non-hydrogen) atoms. The molecule has 3 N–H and O–H groups in total. The van der Waals surface area contributed by atoms with Gasteiger partial charge >= 0.3 is 5.97 Å². The van der Waals surface area contributed by atoms with Gasteiger partial charge < -0.3 is 20.3 Å². The van der Waals surface area contributed by atoms with Crippen LogP contribution in [-0.4, -0.2) is 47.4 Å². The van der Waals surface area contributed by atoms with Gasteiger partial charge in [0.05, 0.1) is 25.4 Å². The van der Waals surface area contributed by atoms with Gasteiger partial charge in [-0.15, -0.1) is 0 Å². The molecule has 6 heteroatoms. The summed E-state index contributed by atoms with van der Waals surface area (Å²) in [7, 11) is 0. The van der Waals surface area contributed by atoms with Crippen LogP contribution < -0.4 is 5.32 Å². The zero-order valence-corrected chi connectivity index (χ0v) is 45.3. The Bertz CT molecular complexity index is 1150. The molecule has 0 aromatic rings. The van der Waals surface area contributed by atoms with Crippen LogP contribution in [0.1, 0.15) is 309 Å². The van der Waals surface area contributed by atoms with E-state index in [0.29, 0.717) is 32.3 Å². The van der Waals surface area contributed by atoms with E-state index in [0.717, 1.165) is 64.2 Å². The van der Waals surface area contributed by atoms with E-state index in [1.807, 2.05) is 6.08 Å². The number of amides is 1. The van der Waals surface area contributed by atoms with Crippen LogP contribution in [0.3, 0.4) is 0 Å². The van der Waals surface area contributed by atoms with Crippen LogP contribution in [0.5, 0.6) is 0 Å². The molecule has 2 atom stereocenters. The van der Waals surface area contributed by atoms with Crippen molar-refractivity contribution in [2.45, 2.75) is 321 Å². The zero-order chi connectivity index (χ0) is 49.3. The summed E-state index contributed by atoms with van der Waals surface area (Å²) in [6.07, 6.45) is 72.7. The number of aliphatic hydroxyl groups is 2. The highest BCUT2D eigenvalue weighted by atomic mass is 16.5. The second-order valence-corrected chi connectivity index (χ2v) is 20.3. The smallest absolute Gasteiger partial charge is 0.305 e. The second-order valence-electron chi connectivity index (χ2n) is 20.3. The lowest BCUT2D eigenvalue weighted by atomic mass is 10.0. The molecule has 0 saturated heterocycles. The summed E-state index contributed by atoms with van der Waals surface area (Å²) in [4.78, 5) is 24.5. The molecule has 1 amide bonds. The molecule has 2 unspecified atom stereocenters. The normalized spacial score (nSPS) is 12.9. The minimum Gasteiger partial charge on any atom is -0.466 e. The van der Waals surface area contributed by atoms with Crippen molar-refractivity contribution in [3.63, 3.8) is 0 Å². The van der Waals surface area contributed by atoms with Crippen molar-refractivity contribution in [3.05, 3.63) is 48.6 Å². The Kier molecular flexibility index (Phi) is 55.6. The molecule has 0 spiro atoms. The van der Waals surface area contributed by atoms with Crippen molar-refractivity contribution in [1.82, 2.24) is 5.32 Å². The van der Waals surface area contributed by atoms with Crippen LogP contribution in [0.2, 0.25) is 0 Å². The van der Waals surface area contributed by atoms with Crippen molar-refractivity contribution in [3.8, 4) is 0 Å². The highest BCUT2D eigenvalue weighted by Crippen LogP contribution is 2.17. The lowest BCUT2D eigenvalue weighted by molar-refractivity contribution is -0.143. The predicted octanol–water partition coefficient (Wildman–Crippen LogP) is 18.6. The van der Waals surface area contributed by atoms with E-state index in [9.17, 15) is 19.8 Å². The summed E-state index contributed by atoms with van der Waals surface area (Å²) in [5.41, 5.74) is 0. The van der Waals surface area contributed by atoms with E-state index in [1.165, 1.54) is 205 Å². The van der Waals surface area contributed by atoms with Crippen LogP contribution in [0.4, 0.5) is 0 Å². The summed E-state index contributed by atoms with van der Waals surface area (Å²) >= 11 is 0. The number of hydrogen-bond donors (Lipinski definition) is 3. The largest absolute Gasteiger partial charge is 0.466 e. The summed E-state index contributed by atoms with van der Waals surface area (Å²) in [6.45, 7) is 4.83. The first kappa shape index (κ1) is 65.8. The summed E-state index contributed by atoms with van der Waals surface area (Å²) in [5, 5.41) is 23.3. The lowest BCUT2D eigenvalue weighted by Crippen LogP contribution is -2.45. The Balaban J connectivity index is 3.53. The Hall–Kier alpha value is -2.18. The topological polar surface area (TPSA) is 95.9 Å². The monoisotopic (exact) mass is 954 g/mol. The molecule has 398 valence electrons. The average molecular weight is 955 g/mol. The number of ether oxygens (including phenoxy) is 1. The highest BCUT2D eigenvalue weighted by Gasteiger charge is 2.19. The van der Waals surface area contributed by atoms with Gasteiger partial charge in [-0.25, -0.2) is 0 Å². The second kappa shape index (κ2) is 57.4. The van der Waals surface area contributed by atoms with E-state index in [1.54, 1.807) is 0 Å². The molecule has 0 saturated carbocycles. The molecule has 0 aliphatic heterocycles. The van der Waals surface area contributed by atoms with Gasteiger partial charge in [0, 0.05) is 12.8 Å². The third-order valence-corrected chi connectivity index (χ3v) is 13.6. The molecule has 0 heterocycles. The van der Waals surface area contributed by atoms with E-state index >= 15 is 0 Å². The molecular weight excluding hydrogens is 839 g/mol. The van der Waals surface area contributed by atoms with E-state index in [4.69, 9.17) is 4.74 Å². The Morgan fingerprint density at radius 3 is 1.21 bits per heavy atom. The number of unbranched alkanes of at least 4 members (excludes halogenated alkanes) is 36. The molecule has 0 fully saturated rings. The lowest BCUT2D eigenvalue weighted by Gasteiger charge is -2.22. The molecule has 0 aromatic carbocycles. The first-order chi connectivity index (χ1) is 33.5. The molecule has 0 rings (SSSR count). The highest BCUT2D eigenvalue weighted by molar-refractivity contribution is 5.76. The van der Waals surface area contributed by atoms with Crippen LogP contribution in [-0.2, 0) is 14.3 Å². The Morgan fingerprint density at radius 1 is 0.412 bits per heavy atom. The van der Waals surface area contributed by atoms with Crippen molar-refractivity contribution in [2.75, 3.05) is 13.2 Å². The molecule has 0 bridgehead atoms. The average Bonchev–Trinajstić information content (AvgIpc) is 3.34. The number of esters is 1. The fourth-order valence-corrected chi connectivity index (χ4v) is 9.02. The molecule has 0 aliphatic carbocycles. The SMILES string of the molecule is CCC/C=C\C/C=C\CCCCCCCC(=O)OCCCCCCCC/C=C\C/C=C\CCC(=O)NC(CO)C(O)CCCCCCCCCCCCCCCCCCCCCCCCCCC. The molecule has 0 radical (unpaired) electrons. The van der Waals surface area contributed by atoms with Gasteiger partial charge in [0.2, 0.25) is 5.91 Å². The van der Waals surface area contributed by atoms with Crippen molar-refractivity contribution < 1.29 is 24.5 Å². The predicted molar refractivity (Wildman–Crippen MR) is 296 cm³/mol. The van der Waals surface area contributed by atoms with Crippen LogP contribution in [0.15, 0.2) is 48.6 Å². The van der Waals surface area contributed by atoms with Gasteiger partial charge in [-0.2, -0.15) is 0 Å². The van der Waals surface area contributed by atoms with Crippen molar-refractivity contribution >= 4 is 11.9 Å². The minimum atomic E-state index is -0.702. The first-order valence-corrected chi connectivity index (χ1v) is 29.9. The maximum absolute atomic E-state index is 12.5. The van der Waals surface area contributed by atoms with Gasteiger partial charge in [-0.05, 0) is 70.6 Å². The fraction of sp³-hybridized carbons (Fsp3) is 0.839. The van der Waals surface area contributed by atoms with Gasteiger partial charge in [0.15, 0.2) is 0 Å². The number of aliphatic hydroxyl groups excluding tert-OH is 2. The summed E-state index contributed by atoms with van der Waals surface area (Å²) in [6, 6.07) is -0.588. The first-order valence-electron chi connectivity index (χ1n) is 29.9. The van der Waals surface area contributed by atoms with E-state index in [2.05, 4.69) is 61.7 Å². The molecule has 0 aromatic heterocycles. The number of nitrogens with one attached hydrogen (secondary N) is 1. The number of hydrogen-bond acceptors (Lipinski definition) is 5. The molecule has 6 nitrogen and oxygen atoms in total. The number of carbonyl (C=O) groups is 2. The Labute approximate surface area is 423 Å². The maximum atomic E-state index is 12.5. The quantitative estimate of drug-likeness (QED) is 0.0321. The zero-order valence-electron chi connectivity index (χ0n) is 45.3. The molecular formula is C62H115NO5. The maximum Gasteiger partial charge on any atom is 0.305 e. The third kappa shape index (κ3) is 53.2. The third-order valence-electron chi connectivity index (χ3n) is 13.6. The number of rotatable bonds is 55. The van der Waals surface area contributed by atoms with Crippen LogP contribution in [0, 0.1) is 0 Å². The number of allylic oxidation sites excluding steroid dienone is 8. The Morgan fingerprint density at radius 2 is 0.779 bits per heavy atom. The van der Waals surface area contributed by atoms with Gasteiger partial charge in [-0.1, -0.05) is 274 Å². The van der Waals surface area contributed by atoms with E-state index < -0.39 is 12.1 Å². The molecule has 0 aliphatic rings. The van der Waals surface area contributed by atoms with E-state index in [-0.39, 0.29) is 18.5 Å². The summed E-state index contributed by atoms with van der Waals surface area (Å²) < 4.78 is 5.44. The van der Waals surface area contributed by atoms with Gasteiger partial charge in [0.1, 0.15) is 0 Å². The summed E-state index contributed by atoms with van der Waals surface area (Å²) in [5.74, 6) is -0.146. The van der Waals surface area contributed by atoms with Crippen LogP contribution in [0.25, 0.3) is 0 Å². The fourth-order valence-electron chi connectivity index (χ4n) is 9.02. The van der Waals surface area contributed by atoms with Crippen molar-refractivity contribution in [2.24, 2.45) is 0 Å². The van der Waals surface area contributed by atoms with Crippen molar-refractivity contribution in [1.29, 1.82) is 0 Å². The van der Waals surface area contributed by atoms with Crippen LogP contribution >= 0.6 is 0 Å². The minimum absolute atomic E-state index is 0.0322. The van der Waals surface area contributed by atoms with Gasteiger partial charge in [0.25, 0.3) is 0 Å².